The Morgan fingerprint density at radius 1 is 0.842 bits per heavy atom. The zero-order valence-corrected chi connectivity index (χ0v) is 45.9. The molecule has 3 unspecified atom stereocenters. The number of unbranched alkanes of at least 4 members (excludes halogenated alkanes) is 9. The summed E-state index contributed by atoms with van der Waals surface area (Å²) < 4.78 is 64.8. The van der Waals surface area contributed by atoms with Gasteiger partial charge < -0.3 is 60.0 Å². The van der Waals surface area contributed by atoms with Gasteiger partial charge in [0.2, 0.25) is 0 Å². The number of ether oxygens (including phenoxy) is 4. The summed E-state index contributed by atoms with van der Waals surface area (Å²) in [6.07, 6.45) is 17.0. The average molecular weight is 1120 g/mol. The van der Waals surface area contributed by atoms with Gasteiger partial charge >= 0.3 is 33.3 Å². The number of aliphatic hydroxyl groups is 5. The van der Waals surface area contributed by atoms with Gasteiger partial charge in [0, 0.05) is 31.4 Å². The number of aliphatic hydroxyl groups excluding tert-OH is 5. The van der Waals surface area contributed by atoms with Gasteiger partial charge in [-0.1, -0.05) is 120 Å². The zero-order valence-electron chi connectivity index (χ0n) is 44.1. The SMILES string of the molecule is CCCCC/C=C\C/C=C\C/C=C\CCCCCCC(=O)O[C@@H]1COC(=O)CCCC=CC[C@@H]2[C@H](n3ccc(N)nc3=O)O[C@H](COP(=O)(O)OP(=O)(O)OC1)[C@@H](O)[C@@H](O)[C@@H](/C=C/[C@@H](O)CCCCC)OC(O)C[C@@H]2O. The van der Waals surface area contributed by atoms with Crippen LogP contribution in [-0.2, 0) is 51.0 Å². The topological polar surface area (TPSA) is 335 Å². The number of carbonyl (C=O) groups is 2. The monoisotopic (exact) mass is 1120 g/mol. The summed E-state index contributed by atoms with van der Waals surface area (Å²) in [5, 5.41) is 56.9. The maximum atomic E-state index is 13.4. The first kappa shape index (κ1) is 66.6. The van der Waals surface area contributed by atoms with Gasteiger partial charge in [0.1, 0.15) is 43.1 Å². The van der Waals surface area contributed by atoms with E-state index in [2.05, 4.69) is 52.7 Å². The van der Waals surface area contributed by atoms with E-state index >= 15 is 0 Å². The first-order chi connectivity index (χ1) is 36.3. The highest BCUT2D eigenvalue weighted by molar-refractivity contribution is 7.61. The Labute approximate surface area is 446 Å². The largest absolute Gasteiger partial charge is 0.481 e. The quantitative estimate of drug-likeness (QED) is 0.0232. The summed E-state index contributed by atoms with van der Waals surface area (Å²) in [5.74, 6) is -2.90. The number of cyclic esters (lactones) is 1. The molecule has 1 saturated heterocycles. The third-order valence-electron chi connectivity index (χ3n) is 12.4. The smallest absolute Gasteiger partial charge is 0.462 e. The summed E-state index contributed by atoms with van der Waals surface area (Å²) in [5.41, 5.74) is 4.75. The molecule has 9 N–H and O–H groups in total. The third-order valence-corrected chi connectivity index (χ3v) is 15.0. The van der Waals surface area contributed by atoms with Crippen LogP contribution in [-0.4, -0.2) is 126 Å². The molecule has 0 aliphatic carbocycles. The minimum absolute atomic E-state index is 0.0336. The number of anilines is 1. The van der Waals surface area contributed by atoms with Crippen molar-refractivity contribution in [1.82, 2.24) is 9.55 Å². The third kappa shape index (κ3) is 27.8. The zero-order chi connectivity index (χ0) is 55.8. The Morgan fingerprint density at radius 3 is 2.17 bits per heavy atom. The van der Waals surface area contributed by atoms with Crippen LogP contribution in [0.4, 0.5) is 5.82 Å². The van der Waals surface area contributed by atoms with Crippen molar-refractivity contribution >= 4 is 33.4 Å². The number of fused-ring (bicyclic) bond motifs is 3. The average Bonchev–Trinajstić information content (AvgIpc) is 3.37. The van der Waals surface area contributed by atoms with E-state index < -0.39 is 121 Å². The summed E-state index contributed by atoms with van der Waals surface area (Å²) in [4.78, 5) is 64.4. The Balaban J connectivity index is 1.79. The molecule has 2 aliphatic rings. The van der Waals surface area contributed by atoms with Crippen LogP contribution in [0.2, 0.25) is 0 Å². The lowest BCUT2D eigenvalue weighted by atomic mass is 9.92. The van der Waals surface area contributed by atoms with Crippen LogP contribution < -0.4 is 11.4 Å². The fraction of sp³-hybridized carbons (Fsp3) is 0.692. The molecule has 3 rings (SSSR count). The molecule has 2 bridgehead atoms. The molecule has 1 aromatic heterocycles. The van der Waals surface area contributed by atoms with E-state index in [1.165, 1.54) is 37.5 Å². The van der Waals surface area contributed by atoms with Gasteiger partial charge in [-0.05, 0) is 76.7 Å². The molecular formula is C52H85N3O19P2. The van der Waals surface area contributed by atoms with E-state index in [9.17, 15) is 58.8 Å². The minimum Gasteiger partial charge on any atom is -0.462 e. The number of rotatable bonds is 23. The van der Waals surface area contributed by atoms with Crippen LogP contribution in [0.5, 0.6) is 0 Å². The van der Waals surface area contributed by atoms with Crippen molar-refractivity contribution in [2.75, 3.05) is 25.6 Å². The molecule has 1 aromatic rings. The van der Waals surface area contributed by atoms with Crippen LogP contribution >= 0.6 is 15.6 Å². The van der Waals surface area contributed by atoms with Crippen molar-refractivity contribution in [3.05, 3.63) is 83.5 Å². The first-order valence-corrected chi connectivity index (χ1v) is 29.7. The normalized spacial score (nSPS) is 29.9. The highest BCUT2D eigenvalue weighted by Gasteiger charge is 2.44. The molecule has 0 saturated carbocycles. The predicted molar refractivity (Wildman–Crippen MR) is 283 cm³/mol. The number of phosphoric acid groups is 2. The molecule has 432 valence electrons. The van der Waals surface area contributed by atoms with Gasteiger partial charge in [-0.25, -0.2) is 13.9 Å². The molecule has 0 radical (unpaired) electrons. The van der Waals surface area contributed by atoms with Crippen molar-refractivity contribution in [3.8, 4) is 0 Å². The van der Waals surface area contributed by atoms with E-state index in [0.29, 0.717) is 25.7 Å². The highest BCUT2D eigenvalue weighted by Crippen LogP contribution is 2.60. The number of allylic oxidation sites excluding steroid dienone is 8. The van der Waals surface area contributed by atoms with Crippen LogP contribution in [0.3, 0.4) is 0 Å². The summed E-state index contributed by atoms with van der Waals surface area (Å²) in [6.45, 7) is 1.37. The predicted octanol–water partition coefficient (Wildman–Crippen LogP) is 7.22. The molecule has 2 aliphatic heterocycles. The van der Waals surface area contributed by atoms with E-state index in [1.807, 2.05) is 6.92 Å². The van der Waals surface area contributed by atoms with E-state index in [-0.39, 0.29) is 37.9 Å². The number of carbonyl (C=O) groups excluding carboxylic acids is 2. The molecule has 22 nitrogen and oxygen atoms in total. The van der Waals surface area contributed by atoms with E-state index in [1.54, 1.807) is 12.2 Å². The fourth-order valence-corrected chi connectivity index (χ4v) is 10.2. The molecule has 12 atom stereocenters. The van der Waals surface area contributed by atoms with E-state index in [4.69, 9.17) is 33.7 Å². The Hall–Kier alpha value is -3.70. The molecule has 1 fully saturated rings. The van der Waals surface area contributed by atoms with Gasteiger partial charge in [0.05, 0.1) is 25.4 Å². The number of hydrogen-bond donors (Lipinski definition) is 8. The van der Waals surface area contributed by atoms with Gasteiger partial charge in [-0.3, -0.25) is 23.2 Å². The van der Waals surface area contributed by atoms with Gasteiger partial charge in [-0.15, -0.1) is 0 Å². The van der Waals surface area contributed by atoms with Crippen molar-refractivity contribution in [2.45, 2.75) is 204 Å². The van der Waals surface area contributed by atoms with Crippen molar-refractivity contribution in [3.63, 3.8) is 0 Å². The maximum absolute atomic E-state index is 13.4. The second kappa shape index (κ2) is 37.2. The molecule has 76 heavy (non-hydrogen) atoms. The van der Waals surface area contributed by atoms with E-state index in [0.717, 1.165) is 62.1 Å². The van der Waals surface area contributed by atoms with Crippen LogP contribution in [0.1, 0.15) is 155 Å². The minimum atomic E-state index is -5.74. The molecule has 24 heteroatoms. The molecule has 3 heterocycles. The lowest BCUT2D eigenvalue weighted by Crippen LogP contribution is -2.49. The fourth-order valence-electron chi connectivity index (χ4n) is 8.12. The summed E-state index contributed by atoms with van der Waals surface area (Å²) >= 11 is 0. The Morgan fingerprint density at radius 2 is 1.49 bits per heavy atom. The first-order valence-electron chi connectivity index (χ1n) is 26.7. The number of nitrogens with zero attached hydrogens (tertiary/aromatic N) is 2. The van der Waals surface area contributed by atoms with Gasteiger partial charge in [-0.2, -0.15) is 9.29 Å². The lowest BCUT2D eigenvalue weighted by molar-refractivity contribution is -0.192. The number of nitrogen functional groups attached to an aromatic ring is 1. The molecule has 0 spiro atoms. The van der Waals surface area contributed by atoms with Crippen molar-refractivity contribution in [1.29, 1.82) is 0 Å². The maximum Gasteiger partial charge on any atom is 0.481 e. The number of phosphoric ester groups is 2. The number of aromatic nitrogens is 2. The molecular weight excluding hydrogens is 1030 g/mol. The van der Waals surface area contributed by atoms with Gasteiger partial charge in [0.15, 0.2) is 12.4 Å². The molecule has 0 amide bonds. The second-order valence-corrected chi connectivity index (χ2v) is 21.9. The van der Waals surface area contributed by atoms with Crippen LogP contribution in [0.25, 0.3) is 0 Å². The number of hydrogen-bond acceptors (Lipinski definition) is 19. The van der Waals surface area contributed by atoms with Crippen molar-refractivity contribution in [2.24, 2.45) is 5.92 Å². The standard InChI is InChI=1S/C52H85N3O19P2/c1-3-5-7-8-9-10-11-12-13-14-15-16-17-18-19-20-26-30-47(59)71-40-36-68-46(58)29-25-22-21-24-28-41-42(57)35-48(60)72-43(32-31-39(56)27-23-6-4-2)49(61)50(62)44(38-70-76(66,67)74-75(64,65)69-37-40)73-51(41)55-34-33-45(53)54-52(55)63/h9-10,12-13,15-16,21,24,31-34,39-44,48-51,56-57,60-62H,3-8,11,14,17-20,22-23,25-30,35-38H2,1-2H3,(H,64,65)(H,66,67)(H2,53,54,63)/b10-9-,13-12-,16-15-,24-21?,32-31+/t39-,40+,41-,42-,43+,44+,48?,49-,50+,51+/m0/s1. The highest BCUT2D eigenvalue weighted by atomic mass is 31.3. The Kier molecular flexibility index (Phi) is 32.6. The Bertz CT molecular complexity index is 2140. The lowest BCUT2D eigenvalue weighted by Gasteiger charge is -2.36. The number of nitrogens with two attached hydrogens (primary N) is 1. The summed E-state index contributed by atoms with van der Waals surface area (Å²) in [7, 11) is -11.4. The molecule has 0 aromatic carbocycles. The van der Waals surface area contributed by atoms with Crippen LogP contribution in [0, 0.1) is 5.92 Å². The van der Waals surface area contributed by atoms with Crippen LogP contribution in [0.15, 0.2) is 77.8 Å². The summed E-state index contributed by atoms with van der Waals surface area (Å²) in [6, 6.07) is 1.22. The van der Waals surface area contributed by atoms with Crippen molar-refractivity contribution < 1.29 is 86.3 Å². The number of esters is 2. The second-order valence-electron chi connectivity index (χ2n) is 18.9. The van der Waals surface area contributed by atoms with Gasteiger partial charge in [0.25, 0.3) is 0 Å².